The number of aryl methyl sites for hydroxylation is 2. The van der Waals surface area contributed by atoms with Crippen LogP contribution in [0.5, 0.6) is 0 Å². The third-order valence-electron chi connectivity index (χ3n) is 4.77. The number of imide groups is 1. The summed E-state index contributed by atoms with van der Waals surface area (Å²) in [6.07, 6.45) is 0. The molecule has 5 heteroatoms. The second-order valence-corrected chi connectivity index (χ2v) is 6.26. The van der Waals surface area contributed by atoms with Gasteiger partial charge in [-0.1, -0.05) is 25.5 Å². The number of pyridine rings is 1. The van der Waals surface area contributed by atoms with E-state index >= 15 is 0 Å². The molecule has 2 heterocycles. The number of carbonyl (C=O) groups excluding carboxylic acids is 2. The van der Waals surface area contributed by atoms with Gasteiger partial charge in [0, 0.05) is 18.5 Å². The van der Waals surface area contributed by atoms with Crippen LogP contribution in [0.3, 0.4) is 0 Å². The maximum Gasteiger partial charge on any atom is 0.263 e. The van der Waals surface area contributed by atoms with Crippen LogP contribution in [-0.4, -0.2) is 52.8 Å². The van der Waals surface area contributed by atoms with E-state index in [1.807, 2.05) is 25.1 Å². The molecule has 1 aliphatic heterocycles. The highest BCUT2D eigenvalue weighted by Gasteiger charge is 2.38. The van der Waals surface area contributed by atoms with Gasteiger partial charge in [0.2, 0.25) is 0 Å². The summed E-state index contributed by atoms with van der Waals surface area (Å²) in [5.41, 5.74) is 3.44. The van der Waals surface area contributed by atoms with Crippen LogP contribution in [0, 0.1) is 13.8 Å². The van der Waals surface area contributed by atoms with Gasteiger partial charge < -0.3 is 4.90 Å². The van der Waals surface area contributed by atoms with E-state index in [2.05, 4.69) is 23.7 Å². The van der Waals surface area contributed by atoms with E-state index < -0.39 is 0 Å². The second-order valence-electron chi connectivity index (χ2n) is 6.26. The fourth-order valence-corrected chi connectivity index (χ4v) is 3.33. The molecule has 0 unspecified atom stereocenters. The summed E-state index contributed by atoms with van der Waals surface area (Å²) >= 11 is 0. The maximum absolute atomic E-state index is 12.9. The molecule has 5 nitrogen and oxygen atoms in total. The Kier molecular flexibility index (Phi) is 4.37. The van der Waals surface area contributed by atoms with E-state index in [1.54, 1.807) is 6.92 Å². The number of benzene rings is 1. The summed E-state index contributed by atoms with van der Waals surface area (Å²) in [6, 6.07) is 5.83. The first-order valence-electron chi connectivity index (χ1n) is 8.47. The smallest absolute Gasteiger partial charge is 0.263 e. The highest BCUT2D eigenvalue weighted by atomic mass is 16.2. The average molecular weight is 325 g/mol. The molecule has 0 spiro atoms. The largest absolute Gasteiger partial charge is 0.302 e. The molecule has 126 valence electrons. The number of aromatic nitrogens is 1. The van der Waals surface area contributed by atoms with Crippen molar-refractivity contribution < 1.29 is 9.59 Å². The Morgan fingerprint density at radius 1 is 1.04 bits per heavy atom. The Balaban J connectivity index is 2.03. The number of hydrogen-bond donors (Lipinski definition) is 0. The van der Waals surface area contributed by atoms with Gasteiger partial charge in [-0.05, 0) is 39.1 Å². The first kappa shape index (κ1) is 16.6. The van der Waals surface area contributed by atoms with Gasteiger partial charge in [-0.3, -0.25) is 19.5 Å². The Hall–Kier alpha value is -2.27. The molecule has 2 aromatic rings. The zero-order valence-electron chi connectivity index (χ0n) is 14.7. The molecule has 0 aliphatic carbocycles. The Labute approximate surface area is 142 Å². The van der Waals surface area contributed by atoms with Crippen molar-refractivity contribution in [2.45, 2.75) is 27.7 Å². The van der Waals surface area contributed by atoms with Crippen LogP contribution in [0.2, 0.25) is 0 Å². The lowest BCUT2D eigenvalue weighted by atomic mass is 10.0. The SMILES string of the molecule is CCN(CC)CCN1C(=O)c2c(C)nc3ccc(C)cc3c2C1=O. The summed E-state index contributed by atoms with van der Waals surface area (Å²) < 4.78 is 0. The lowest BCUT2D eigenvalue weighted by Crippen LogP contribution is -2.38. The van der Waals surface area contributed by atoms with E-state index in [0.717, 1.165) is 29.6 Å². The first-order valence-corrected chi connectivity index (χ1v) is 8.47. The summed E-state index contributed by atoms with van der Waals surface area (Å²) in [7, 11) is 0. The van der Waals surface area contributed by atoms with Crippen molar-refractivity contribution in [3.05, 3.63) is 40.6 Å². The van der Waals surface area contributed by atoms with Crippen LogP contribution in [-0.2, 0) is 0 Å². The molecule has 1 aromatic heterocycles. The fraction of sp³-hybridized carbons (Fsp3) is 0.421. The van der Waals surface area contributed by atoms with Crippen LogP contribution in [0.15, 0.2) is 18.2 Å². The van der Waals surface area contributed by atoms with Gasteiger partial charge >= 0.3 is 0 Å². The standard InChI is InChI=1S/C19H23N3O2/c1-5-21(6-2)9-10-22-18(23)16-13(4)20-15-8-7-12(3)11-14(15)17(16)19(22)24/h7-8,11H,5-6,9-10H2,1-4H3. The summed E-state index contributed by atoms with van der Waals surface area (Å²) in [6.45, 7) is 10.9. The monoisotopic (exact) mass is 325 g/mol. The zero-order chi connectivity index (χ0) is 17.4. The minimum Gasteiger partial charge on any atom is -0.302 e. The van der Waals surface area contributed by atoms with Gasteiger partial charge in [0.05, 0.1) is 22.3 Å². The van der Waals surface area contributed by atoms with Crippen LogP contribution in [0.25, 0.3) is 10.9 Å². The molecule has 24 heavy (non-hydrogen) atoms. The minimum absolute atomic E-state index is 0.191. The molecule has 0 bridgehead atoms. The Bertz CT molecular complexity index is 825. The number of rotatable bonds is 5. The van der Waals surface area contributed by atoms with Crippen molar-refractivity contribution in [3.63, 3.8) is 0 Å². The topological polar surface area (TPSA) is 53.5 Å². The molecule has 1 aromatic carbocycles. The van der Waals surface area contributed by atoms with Crippen LogP contribution >= 0.6 is 0 Å². The Morgan fingerprint density at radius 3 is 2.38 bits per heavy atom. The molecule has 0 radical (unpaired) electrons. The quantitative estimate of drug-likeness (QED) is 0.793. The summed E-state index contributed by atoms with van der Waals surface area (Å²) in [5.74, 6) is -0.404. The van der Waals surface area contributed by atoms with E-state index in [9.17, 15) is 9.59 Å². The number of nitrogens with zero attached hydrogens (tertiary/aromatic N) is 3. The van der Waals surface area contributed by atoms with Crippen molar-refractivity contribution >= 4 is 22.7 Å². The first-order chi connectivity index (χ1) is 11.5. The third-order valence-corrected chi connectivity index (χ3v) is 4.77. The molecular formula is C19H23N3O2. The highest BCUT2D eigenvalue weighted by molar-refractivity contribution is 6.26. The van der Waals surface area contributed by atoms with Crippen LogP contribution in [0.1, 0.15) is 45.8 Å². The number of amides is 2. The maximum atomic E-state index is 12.9. The van der Waals surface area contributed by atoms with Crippen molar-refractivity contribution in [2.75, 3.05) is 26.2 Å². The van der Waals surface area contributed by atoms with Crippen molar-refractivity contribution in [1.29, 1.82) is 0 Å². The molecular weight excluding hydrogens is 302 g/mol. The van der Waals surface area contributed by atoms with Crippen molar-refractivity contribution in [3.8, 4) is 0 Å². The van der Waals surface area contributed by atoms with E-state index in [1.165, 1.54) is 4.90 Å². The lowest BCUT2D eigenvalue weighted by molar-refractivity contribution is 0.0638. The number of fused-ring (bicyclic) bond motifs is 3. The van der Waals surface area contributed by atoms with Gasteiger partial charge in [-0.25, -0.2) is 0 Å². The number of carbonyl (C=O) groups is 2. The van der Waals surface area contributed by atoms with Crippen LogP contribution < -0.4 is 0 Å². The van der Waals surface area contributed by atoms with Crippen molar-refractivity contribution in [2.24, 2.45) is 0 Å². The van der Waals surface area contributed by atoms with Gasteiger partial charge in [0.15, 0.2) is 0 Å². The molecule has 0 fully saturated rings. The molecule has 3 rings (SSSR count). The Morgan fingerprint density at radius 2 is 1.71 bits per heavy atom. The van der Waals surface area contributed by atoms with Crippen molar-refractivity contribution in [1.82, 2.24) is 14.8 Å². The van der Waals surface area contributed by atoms with Gasteiger partial charge in [0.1, 0.15) is 0 Å². The predicted molar refractivity (Wildman–Crippen MR) is 94.4 cm³/mol. The van der Waals surface area contributed by atoms with Gasteiger partial charge in [0.25, 0.3) is 11.8 Å². The van der Waals surface area contributed by atoms with E-state index in [4.69, 9.17) is 0 Å². The molecule has 0 N–H and O–H groups in total. The van der Waals surface area contributed by atoms with E-state index in [-0.39, 0.29) is 11.8 Å². The molecule has 0 saturated carbocycles. The summed E-state index contributed by atoms with van der Waals surface area (Å²) in [5, 5.41) is 0.777. The third kappa shape index (κ3) is 2.59. The second kappa shape index (κ2) is 6.32. The highest BCUT2D eigenvalue weighted by Crippen LogP contribution is 2.31. The van der Waals surface area contributed by atoms with Gasteiger partial charge in [-0.2, -0.15) is 0 Å². The lowest BCUT2D eigenvalue weighted by Gasteiger charge is -2.21. The number of hydrogen-bond acceptors (Lipinski definition) is 4. The molecule has 1 aliphatic rings. The molecule has 0 saturated heterocycles. The fourth-order valence-electron chi connectivity index (χ4n) is 3.33. The molecule has 2 amide bonds. The minimum atomic E-state index is -0.212. The zero-order valence-corrected chi connectivity index (χ0v) is 14.7. The van der Waals surface area contributed by atoms with Gasteiger partial charge in [-0.15, -0.1) is 0 Å². The normalized spacial score (nSPS) is 14.1. The summed E-state index contributed by atoms with van der Waals surface area (Å²) in [4.78, 5) is 33.8. The van der Waals surface area contributed by atoms with Crippen LogP contribution in [0.4, 0.5) is 0 Å². The predicted octanol–water partition coefficient (Wildman–Crippen LogP) is 2.79. The average Bonchev–Trinajstić information content (AvgIpc) is 2.82. The molecule has 0 atom stereocenters. The number of likely N-dealkylation sites (N-methyl/N-ethyl adjacent to an activating group) is 1. The van der Waals surface area contributed by atoms with E-state index in [0.29, 0.717) is 29.9 Å².